The lowest BCUT2D eigenvalue weighted by atomic mass is 9.91. The van der Waals surface area contributed by atoms with Gasteiger partial charge in [-0.3, -0.25) is 0 Å². The quantitative estimate of drug-likeness (QED) is 0.731. The first-order chi connectivity index (χ1) is 10.0. The van der Waals surface area contributed by atoms with E-state index in [0.717, 1.165) is 26.0 Å². The maximum atomic E-state index is 6.01. The SMILES string of the molecule is CCCC(OCC)C(Cc1c(C)cc(C)cc1C)NCC. The van der Waals surface area contributed by atoms with Crippen molar-refractivity contribution >= 4 is 0 Å². The molecule has 0 spiro atoms. The van der Waals surface area contributed by atoms with Crippen molar-refractivity contribution in [2.45, 2.75) is 73.0 Å². The molecule has 1 aromatic carbocycles. The van der Waals surface area contributed by atoms with Crippen molar-refractivity contribution in [1.29, 1.82) is 0 Å². The first-order valence-electron chi connectivity index (χ1n) is 8.45. The second-order valence-corrected chi connectivity index (χ2v) is 6.03. The Morgan fingerprint density at radius 1 is 1.05 bits per heavy atom. The number of hydrogen-bond donors (Lipinski definition) is 1. The number of ether oxygens (including phenoxy) is 1. The van der Waals surface area contributed by atoms with E-state index in [9.17, 15) is 0 Å². The normalized spacial score (nSPS) is 14.2. The molecule has 120 valence electrons. The van der Waals surface area contributed by atoms with Crippen molar-refractivity contribution in [3.63, 3.8) is 0 Å². The molecule has 2 nitrogen and oxygen atoms in total. The zero-order valence-corrected chi connectivity index (χ0v) is 14.8. The highest BCUT2D eigenvalue weighted by Crippen LogP contribution is 2.21. The Hall–Kier alpha value is -0.860. The van der Waals surface area contributed by atoms with Gasteiger partial charge in [-0.1, -0.05) is 38.0 Å². The molecule has 1 N–H and O–H groups in total. The summed E-state index contributed by atoms with van der Waals surface area (Å²) in [5, 5.41) is 3.64. The van der Waals surface area contributed by atoms with Crippen LogP contribution in [0.25, 0.3) is 0 Å². The molecule has 0 aliphatic rings. The molecular formula is C19H33NO. The van der Waals surface area contributed by atoms with E-state index in [1.54, 1.807) is 0 Å². The fourth-order valence-electron chi connectivity index (χ4n) is 3.25. The standard InChI is InChI=1S/C19H33NO/c1-7-10-19(21-9-3)18(20-8-2)13-17-15(5)11-14(4)12-16(17)6/h11-12,18-20H,7-10,13H2,1-6H3. The molecule has 0 bridgehead atoms. The first kappa shape index (κ1) is 18.2. The summed E-state index contributed by atoms with van der Waals surface area (Å²) in [4.78, 5) is 0. The van der Waals surface area contributed by atoms with E-state index < -0.39 is 0 Å². The summed E-state index contributed by atoms with van der Waals surface area (Å²) in [6, 6.07) is 4.98. The van der Waals surface area contributed by atoms with Crippen LogP contribution in [0.4, 0.5) is 0 Å². The van der Waals surface area contributed by atoms with Crippen LogP contribution in [0.1, 0.15) is 55.9 Å². The zero-order chi connectivity index (χ0) is 15.8. The van der Waals surface area contributed by atoms with Crippen LogP contribution in [-0.4, -0.2) is 25.3 Å². The van der Waals surface area contributed by atoms with Gasteiger partial charge in [-0.25, -0.2) is 0 Å². The van der Waals surface area contributed by atoms with Gasteiger partial charge in [0.25, 0.3) is 0 Å². The molecule has 2 heteroatoms. The van der Waals surface area contributed by atoms with Gasteiger partial charge in [0.2, 0.25) is 0 Å². The van der Waals surface area contributed by atoms with Gasteiger partial charge in [-0.2, -0.15) is 0 Å². The third-order valence-electron chi connectivity index (χ3n) is 4.13. The lowest BCUT2D eigenvalue weighted by molar-refractivity contribution is 0.0285. The highest BCUT2D eigenvalue weighted by atomic mass is 16.5. The lowest BCUT2D eigenvalue weighted by Gasteiger charge is -2.29. The van der Waals surface area contributed by atoms with Gasteiger partial charge in [0, 0.05) is 12.6 Å². The van der Waals surface area contributed by atoms with E-state index in [1.807, 2.05) is 0 Å². The monoisotopic (exact) mass is 291 g/mol. The second-order valence-electron chi connectivity index (χ2n) is 6.03. The maximum absolute atomic E-state index is 6.01. The van der Waals surface area contributed by atoms with Gasteiger partial charge in [-0.15, -0.1) is 0 Å². The summed E-state index contributed by atoms with van der Waals surface area (Å²) in [6.45, 7) is 14.9. The second kappa shape index (κ2) is 9.22. The molecule has 0 saturated carbocycles. The zero-order valence-electron chi connectivity index (χ0n) is 14.8. The van der Waals surface area contributed by atoms with Gasteiger partial charge in [-0.05, 0) is 63.8 Å². The Kier molecular flexibility index (Phi) is 7.98. The molecule has 0 aliphatic heterocycles. The van der Waals surface area contributed by atoms with Crippen LogP contribution in [0.5, 0.6) is 0 Å². The molecule has 0 fully saturated rings. The number of benzene rings is 1. The lowest BCUT2D eigenvalue weighted by Crippen LogP contribution is -2.43. The smallest absolute Gasteiger partial charge is 0.0731 e. The van der Waals surface area contributed by atoms with Gasteiger partial charge in [0.05, 0.1) is 6.10 Å². The molecular weight excluding hydrogens is 258 g/mol. The average Bonchev–Trinajstić information content (AvgIpc) is 2.41. The molecule has 0 aromatic heterocycles. The van der Waals surface area contributed by atoms with Crippen LogP contribution in [0.15, 0.2) is 12.1 Å². The minimum atomic E-state index is 0.306. The van der Waals surface area contributed by atoms with E-state index >= 15 is 0 Å². The van der Waals surface area contributed by atoms with Crippen molar-refractivity contribution in [2.24, 2.45) is 0 Å². The molecule has 1 rings (SSSR count). The summed E-state index contributed by atoms with van der Waals surface area (Å²) >= 11 is 0. The van der Waals surface area contributed by atoms with E-state index in [2.05, 4.69) is 59.0 Å². The minimum Gasteiger partial charge on any atom is -0.377 e. The van der Waals surface area contributed by atoms with Crippen molar-refractivity contribution in [2.75, 3.05) is 13.2 Å². The van der Waals surface area contributed by atoms with Gasteiger partial charge in [0.15, 0.2) is 0 Å². The molecule has 0 saturated heterocycles. The van der Waals surface area contributed by atoms with E-state index in [1.165, 1.54) is 28.7 Å². The molecule has 0 radical (unpaired) electrons. The van der Waals surface area contributed by atoms with Crippen LogP contribution < -0.4 is 5.32 Å². The van der Waals surface area contributed by atoms with Crippen LogP contribution in [-0.2, 0) is 11.2 Å². The molecule has 0 aliphatic carbocycles. The Morgan fingerprint density at radius 2 is 1.67 bits per heavy atom. The van der Waals surface area contributed by atoms with Crippen LogP contribution in [0.2, 0.25) is 0 Å². The fraction of sp³-hybridized carbons (Fsp3) is 0.684. The van der Waals surface area contributed by atoms with Crippen LogP contribution in [0, 0.1) is 20.8 Å². The maximum Gasteiger partial charge on any atom is 0.0731 e. The summed E-state index contributed by atoms with van der Waals surface area (Å²) in [5.41, 5.74) is 5.64. The van der Waals surface area contributed by atoms with Gasteiger partial charge >= 0.3 is 0 Å². The highest BCUT2D eigenvalue weighted by Gasteiger charge is 2.22. The Morgan fingerprint density at radius 3 is 2.14 bits per heavy atom. The van der Waals surface area contributed by atoms with Gasteiger partial charge < -0.3 is 10.1 Å². The topological polar surface area (TPSA) is 21.3 Å². The predicted octanol–water partition coefficient (Wildman–Crippen LogP) is 4.34. The van der Waals surface area contributed by atoms with Crippen molar-refractivity contribution in [1.82, 2.24) is 5.32 Å². The van der Waals surface area contributed by atoms with Crippen LogP contribution >= 0.6 is 0 Å². The van der Waals surface area contributed by atoms with Gasteiger partial charge in [0.1, 0.15) is 0 Å². The largest absolute Gasteiger partial charge is 0.377 e. The summed E-state index contributed by atoms with van der Waals surface area (Å²) < 4.78 is 6.01. The fourth-order valence-corrected chi connectivity index (χ4v) is 3.25. The molecule has 0 amide bonds. The molecule has 2 atom stereocenters. The number of likely N-dealkylation sites (N-methyl/N-ethyl adjacent to an activating group) is 1. The number of hydrogen-bond acceptors (Lipinski definition) is 2. The Balaban J connectivity index is 2.96. The number of rotatable bonds is 9. The number of aryl methyl sites for hydroxylation is 3. The van der Waals surface area contributed by atoms with E-state index in [4.69, 9.17) is 4.74 Å². The molecule has 2 unspecified atom stereocenters. The average molecular weight is 291 g/mol. The Labute approximate surface area is 131 Å². The third kappa shape index (κ3) is 5.44. The first-order valence-corrected chi connectivity index (χ1v) is 8.45. The predicted molar refractivity (Wildman–Crippen MR) is 92.1 cm³/mol. The van der Waals surface area contributed by atoms with E-state index in [-0.39, 0.29) is 0 Å². The number of nitrogens with one attached hydrogen (secondary N) is 1. The summed E-state index contributed by atoms with van der Waals surface area (Å²) in [7, 11) is 0. The van der Waals surface area contributed by atoms with Crippen molar-refractivity contribution < 1.29 is 4.74 Å². The minimum absolute atomic E-state index is 0.306. The van der Waals surface area contributed by atoms with Crippen LogP contribution in [0.3, 0.4) is 0 Å². The van der Waals surface area contributed by atoms with Crippen molar-refractivity contribution in [3.05, 3.63) is 34.4 Å². The highest BCUT2D eigenvalue weighted by molar-refractivity contribution is 5.38. The molecule has 0 heterocycles. The Bertz CT molecular complexity index is 399. The summed E-state index contributed by atoms with van der Waals surface area (Å²) in [5.74, 6) is 0. The van der Waals surface area contributed by atoms with E-state index in [0.29, 0.717) is 12.1 Å². The summed E-state index contributed by atoms with van der Waals surface area (Å²) in [6.07, 6.45) is 3.64. The van der Waals surface area contributed by atoms with Crippen molar-refractivity contribution in [3.8, 4) is 0 Å². The molecule has 21 heavy (non-hydrogen) atoms. The molecule has 1 aromatic rings. The third-order valence-corrected chi connectivity index (χ3v) is 4.13.